The second-order valence-electron chi connectivity index (χ2n) is 1.62. The molecule has 0 spiro atoms. The molecule has 0 bridgehead atoms. The van der Waals surface area contributed by atoms with Gasteiger partial charge in [-0.2, -0.15) is 0 Å². The van der Waals surface area contributed by atoms with Gasteiger partial charge in [0.1, 0.15) is 5.75 Å². The minimum Gasteiger partial charge on any atom is -0.508 e. The molecule has 76 valence electrons. The first-order valence-electron chi connectivity index (χ1n) is 2.79. The molecule has 1 aromatic rings. The normalized spacial score (nSPS) is 6.46. The first-order chi connectivity index (χ1) is 5.13. The molecule has 0 amide bonds. The smallest absolute Gasteiger partial charge is 0.503 e. The summed E-state index contributed by atoms with van der Waals surface area (Å²) in [6, 6.07) is 8.71. The highest BCUT2D eigenvalue weighted by Gasteiger charge is 1.74. The van der Waals surface area contributed by atoms with Crippen LogP contribution in [0.3, 0.4) is 0 Å². The van der Waals surface area contributed by atoms with Crippen LogP contribution >= 0.6 is 0 Å². The number of carboxylic acid groups (broad SMARTS) is 2. The second kappa shape index (κ2) is 10.2. The average Bonchev–Trinajstić information content (AvgIpc) is 1.87. The molecule has 6 heteroatoms. The molecule has 0 aliphatic heterocycles. The van der Waals surface area contributed by atoms with Crippen LogP contribution in [-0.2, 0) is 0 Å². The van der Waals surface area contributed by atoms with Gasteiger partial charge in [-0.25, -0.2) is 4.79 Å². The molecule has 0 fully saturated rings. The predicted molar refractivity (Wildman–Crippen MR) is 48.8 cm³/mol. The van der Waals surface area contributed by atoms with E-state index in [9.17, 15) is 0 Å². The largest absolute Gasteiger partial charge is 0.508 e. The molecule has 0 aromatic heterocycles. The molecule has 13 heavy (non-hydrogen) atoms. The topological polar surface area (TPSA) is 148 Å². The summed E-state index contributed by atoms with van der Waals surface area (Å²) in [5, 5.41) is 22.6. The Morgan fingerprint density at radius 3 is 1.46 bits per heavy atom. The van der Waals surface area contributed by atoms with E-state index in [2.05, 4.69) is 0 Å². The highest BCUT2D eigenvalue weighted by Crippen LogP contribution is 2.02. The van der Waals surface area contributed by atoms with Crippen LogP contribution in [0.2, 0.25) is 0 Å². The Bertz CT molecular complexity index is 211. The van der Waals surface area contributed by atoms with Crippen LogP contribution < -0.4 is 12.3 Å². The summed E-state index contributed by atoms with van der Waals surface area (Å²) in [6.45, 7) is 0. The molecule has 0 saturated carbocycles. The van der Waals surface area contributed by atoms with Crippen LogP contribution in [-0.4, -0.2) is 21.5 Å². The van der Waals surface area contributed by atoms with E-state index >= 15 is 0 Å². The van der Waals surface area contributed by atoms with Crippen molar-refractivity contribution in [2.75, 3.05) is 0 Å². The summed E-state index contributed by atoms with van der Waals surface area (Å²) in [5.41, 5.74) is 0. The quantitative estimate of drug-likeness (QED) is 0.422. The predicted octanol–water partition coefficient (Wildman–Crippen LogP) is 1.94. The van der Waals surface area contributed by atoms with Crippen molar-refractivity contribution in [3.05, 3.63) is 30.3 Å². The van der Waals surface area contributed by atoms with Crippen molar-refractivity contribution in [1.82, 2.24) is 12.3 Å². The molecule has 0 aliphatic carbocycles. The van der Waals surface area contributed by atoms with E-state index in [0.717, 1.165) is 0 Å². The first-order valence-corrected chi connectivity index (χ1v) is 2.79. The average molecular weight is 190 g/mol. The minimum atomic E-state index is -1.83. The van der Waals surface area contributed by atoms with E-state index in [4.69, 9.17) is 20.1 Å². The van der Waals surface area contributed by atoms with Crippen molar-refractivity contribution in [3.8, 4) is 5.75 Å². The van der Waals surface area contributed by atoms with Crippen LogP contribution in [0.25, 0.3) is 0 Å². The molecular weight excluding hydrogens is 176 g/mol. The van der Waals surface area contributed by atoms with Gasteiger partial charge in [-0.15, -0.1) is 0 Å². The van der Waals surface area contributed by atoms with Crippen molar-refractivity contribution in [1.29, 1.82) is 0 Å². The number of rotatable bonds is 0. The van der Waals surface area contributed by atoms with Crippen molar-refractivity contribution in [2.45, 2.75) is 0 Å². The van der Waals surface area contributed by atoms with Gasteiger partial charge in [0, 0.05) is 0 Å². The molecule has 0 saturated heterocycles. The third-order valence-corrected chi connectivity index (χ3v) is 0.756. The number of aromatic hydroxyl groups is 1. The van der Waals surface area contributed by atoms with Crippen molar-refractivity contribution in [2.24, 2.45) is 0 Å². The minimum absolute atomic E-state index is 0. The summed E-state index contributed by atoms with van der Waals surface area (Å²) >= 11 is 0. The summed E-state index contributed by atoms with van der Waals surface area (Å²) in [4.78, 5) is 8.56. The van der Waals surface area contributed by atoms with E-state index in [1.807, 2.05) is 6.07 Å². The molecule has 6 nitrogen and oxygen atoms in total. The Morgan fingerprint density at radius 1 is 1.00 bits per heavy atom. The number of hydrogen-bond acceptors (Lipinski definition) is 4. The maximum absolute atomic E-state index is 8.63. The zero-order chi connectivity index (χ0) is 8.69. The van der Waals surface area contributed by atoms with Crippen LogP contribution in [0.1, 0.15) is 0 Å². The first kappa shape index (κ1) is 17.3. The number of phenolic OH excluding ortho intramolecular Hbond substituents is 1. The van der Waals surface area contributed by atoms with E-state index in [1.165, 1.54) is 0 Å². The van der Waals surface area contributed by atoms with Gasteiger partial charge in [0.15, 0.2) is 0 Å². The number of benzene rings is 1. The van der Waals surface area contributed by atoms with Crippen LogP contribution in [0.4, 0.5) is 4.79 Å². The van der Waals surface area contributed by atoms with Gasteiger partial charge >= 0.3 is 6.16 Å². The van der Waals surface area contributed by atoms with E-state index in [0.29, 0.717) is 5.75 Å². The fourth-order valence-corrected chi connectivity index (χ4v) is 0.428. The molecule has 9 N–H and O–H groups in total. The van der Waals surface area contributed by atoms with Gasteiger partial charge in [-0.05, 0) is 12.1 Å². The van der Waals surface area contributed by atoms with Gasteiger partial charge in [-0.3, -0.25) is 0 Å². The van der Waals surface area contributed by atoms with Gasteiger partial charge in [-0.1, -0.05) is 18.2 Å². The number of carbonyl (C=O) groups is 1. The molecule has 1 aromatic carbocycles. The maximum Gasteiger partial charge on any atom is 0.503 e. The Morgan fingerprint density at radius 2 is 1.31 bits per heavy atom. The Kier molecular flexibility index (Phi) is 13.6. The zero-order valence-electron chi connectivity index (χ0n) is 7.05. The van der Waals surface area contributed by atoms with E-state index in [1.54, 1.807) is 24.3 Å². The monoisotopic (exact) mass is 190 g/mol. The lowest BCUT2D eigenvalue weighted by molar-refractivity contribution is 0.137. The van der Waals surface area contributed by atoms with Crippen LogP contribution in [0.5, 0.6) is 5.75 Å². The Labute approximate surface area is 75.6 Å². The highest BCUT2D eigenvalue weighted by molar-refractivity contribution is 5.53. The number of hydrogen-bond donors (Lipinski definition) is 5. The van der Waals surface area contributed by atoms with Crippen LogP contribution in [0.15, 0.2) is 30.3 Å². The standard InChI is InChI=1S/C6H6O.CH2O3.2H3N/c7-6-4-2-1-3-5-6;2-1(3)4;;/h1-5,7H;(H2,2,3,4);2*1H3. The lowest BCUT2D eigenvalue weighted by atomic mass is 10.3. The molecule has 0 radical (unpaired) electrons. The molecule has 0 atom stereocenters. The fraction of sp³-hybridized carbons (Fsp3) is 0. The number of phenols is 1. The molecule has 0 heterocycles. The van der Waals surface area contributed by atoms with Crippen molar-refractivity contribution < 1.29 is 20.1 Å². The van der Waals surface area contributed by atoms with E-state index in [-0.39, 0.29) is 12.3 Å². The molecule has 1 rings (SSSR count). The summed E-state index contributed by atoms with van der Waals surface area (Å²) in [5.74, 6) is 0.322. The summed E-state index contributed by atoms with van der Waals surface area (Å²) < 4.78 is 0. The van der Waals surface area contributed by atoms with Gasteiger partial charge in [0.05, 0.1) is 0 Å². The Hall–Kier alpha value is -1.79. The SMILES string of the molecule is N.N.O=C(O)O.Oc1ccccc1. The maximum atomic E-state index is 8.63. The Balaban J connectivity index is -0.000000150. The second-order valence-corrected chi connectivity index (χ2v) is 1.62. The van der Waals surface area contributed by atoms with Crippen molar-refractivity contribution >= 4 is 6.16 Å². The molecular formula is C7H14N2O4. The zero-order valence-corrected chi connectivity index (χ0v) is 7.05. The third kappa shape index (κ3) is 17.8. The summed E-state index contributed by atoms with van der Waals surface area (Å²) in [6.07, 6.45) is -1.83. The summed E-state index contributed by atoms with van der Waals surface area (Å²) in [7, 11) is 0. The fourth-order valence-electron chi connectivity index (χ4n) is 0.428. The van der Waals surface area contributed by atoms with Gasteiger partial charge in [0.25, 0.3) is 0 Å². The van der Waals surface area contributed by atoms with Crippen LogP contribution in [0, 0.1) is 0 Å². The third-order valence-electron chi connectivity index (χ3n) is 0.756. The van der Waals surface area contributed by atoms with Gasteiger partial charge < -0.3 is 27.6 Å². The van der Waals surface area contributed by atoms with E-state index < -0.39 is 6.16 Å². The molecule has 0 unspecified atom stereocenters. The lowest BCUT2D eigenvalue weighted by Gasteiger charge is -1.82. The number of para-hydroxylation sites is 1. The highest BCUT2D eigenvalue weighted by atomic mass is 16.6. The molecule has 0 aliphatic rings. The van der Waals surface area contributed by atoms with Crippen molar-refractivity contribution in [3.63, 3.8) is 0 Å². The van der Waals surface area contributed by atoms with Gasteiger partial charge in [0.2, 0.25) is 0 Å². The lowest BCUT2D eigenvalue weighted by Crippen LogP contribution is -1.81.